The predicted octanol–water partition coefficient (Wildman–Crippen LogP) is 4.90. The van der Waals surface area contributed by atoms with Gasteiger partial charge in [-0.15, -0.1) is 0 Å². The first kappa shape index (κ1) is 12.3. The van der Waals surface area contributed by atoms with Crippen molar-refractivity contribution in [3.63, 3.8) is 0 Å². The molecule has 0 aliphatic carbocycles. The number of anilines is 1. The molecule has 0 aliphatic rings. The molecule has 0 fully saturated rings. The maximum absolute atomic E-state index is 13.2. The molecule has 0 bridgehead atoms. The van der Waals surface area contributed by atoms with E-state index in [1.54, 1.807) is 12.5 Å². The van der Waals surface area contributed by atoms with Crippen LogP contribution in [0.3, 0.4) is 0 Å². The molecule has 2 rings (SSSR count). The predicted molar refractivity (Wildman–Crippen MR) is 67.2 cm³/mol. The van der Waals surface area contributed by atoms with Crippen molar-refractivity contribution in [1.29, 1.82) is 0 Å². The van der Waals surface area contributed by atoms with Gasteiger partial charge in [-0.25, -0.2) is 4.39 Å². The van der Waals surface area contributed by atoms with Gasteiger partial charge in [-0.3, -0.25) is 0 Å². The molecule has 1 N–H and O–H groups in total. The number of nitrogens with one attached hydrogen (secondary N) is 1. The number of hydrogen-bond acceptors (Lipinski definition) is 2. The average Bonchev–Trinajstić information content (AvgIpc) is 2.79. The molecule has 0 saturated heterocycles. The molecule has 17 heavy (non-hydrogen) atoms. The van der Waals surface area contributed by atoms with Crippen molar-refractivity contribution < 1.29 is 8.81 Å². The van der Waals surface area contributed by atoms with Crippen LogP contribution >= 0.6 is 23.2 Å². The van der Waals surface area contributed by atoms with Crippen LogP contribution in [0.1, 0.15) is 18.5 Å². The van der Waals surface area contributed by atoms with Crippen LogP contribution < -0.4 is 5.32 Å². The molecule has 90 valence electrons. The van der Waals surface area contributed by atoms with Crippen LogP contribution in [-0.2, 0) is 0 Å². The van der Waals surface area contributed by atoms with Crippen molar-refractivity contribution >= 4 is 28.9 Å². The molecule has 5 heteroatoms. The summed E-state index contributed by atoms with van der Waals surface area (Å²) in [7, 11) is 0. The van der Waals surface area contributed by atoms with Crippen LogP contribution in [0.15, 0.2) is 35.1 Å². The zero-order valence-electron chi connectivity index (χ0n) is 9.01. The van der Waals surface area contributed by atoms with Crippen LogP contribution in [0.5, 0.6) is 0 Å². The summed E-state index contributed by atoms with van der Waals surface area (Å²) in [4.78, 5) is 0. The summed E-state index contributed by atoms with van der Waals surface area (Å²) in [5, 5.41) is 3.16. The number of furan rings is 1. The largest absolute Gasteiger partial charge is 0.472 e. The minimum absolute atomic E-state index is 0.000561. The third kappa shape index (κ3) is 2.73. The van der Waals surface area contributed by atoms with Crippen molar-refractivity contribution in [2.45, 2.75) is 13.0 Å². The summed E-state index contributed by atoms with van der Waals surface area (Å²) in [6.45, 7) is 1.95. The molecule has 1 atom stereocenters. The van der Waals surface area contributed by atoms with Gasteiger partial charge < -0.3 is 9.73 Å². The lowest BCUT2D eigenvalue weighted by Gasteiger charge is -2.14. The van der Waals surface area contributed by atoms with Crippen molar-refractivity contribution in [1.82, 2.24) is 0 Å². The SMILES string of the molecule is CC(Nc1cc(Cl)c(F)c(Cl)c1)c1ccoc1. The van der Waals surface area contributed by atoms with Crippen molar-refractivity contribution in [3.05, 3.63) is 52.2 Å². The molecule has 1 unspecified atom stereocenters. The van der Waals surface area contributed by atoms with Gasteiger partial charge in [-0.1, -0.05) is 23.2 Å². The smallest absolute Gasteiger partial charge is 0.160 e. The summed E-state index contributed by atoms with van der Waals surface area (Å²) < 4.78 is 18.2. The van der Waals surface area contributed by atoms with E-state index in [4.69, 9.17) is 27.6 Å². The maximum atomic E-state index is 13.2. The highest BCUT2D eigenvalue weighted by Crippen LogP contribution is 2.29. The molecule has 2 nitrogen and oxygen atoms in total. The second kappa shape index (κ2) is 4.98. The van der Waals surface area contributed by atoms with Gasteiger partial charge in [-0.05, 0) is 25.1 Å². The topological polar surface area (TPSA) is 25.2 Å². The highest BCUT2D eigenvalue weighted by atomic mass is 35.5. The third-order valence-electron chi connectivity index (χ3n) is 2.41. The fourth-order valence-electron chi connectivity index (χ4n) is 1.49. The monoisotopic (exact) mass is 273 g/mol. The molecule has 1 aromatic carbocycles. The highest BCUT2D eigenvalue weighted by Gasteiger charge is 2.11. The molecular weight excluding hydrogens is 264 g/mol. The normalized spacial score (nSPS) is 12.5. The quantitative estimate of drug-likeness (QED) is 0.805. The summed E-state index contributed by atoms with van der Waals surface area (Å²) in [6.07, 6.45) is 3.24. The number of benzene rings is 1. The van der Waals surface area contributed by atoms with Crippen LogP contribution in [0.4, 0.5) is 10.1 Å². The van der Waals surface area contributed by atoms with Crippen molar-refractivity contribution in [3.8, 4) is 0 Å². The fourth-order valence-corrected chi connectivity index (χ4v) is 1.98. The highest BCUT2D eigenvalue weighted by molar-refractivity contribution is 6.35. The van der Waals surface area contributed by atoms with Gasteiger partial charge in [0.15, 0.2) is 5.82 Å². The van der Waals surface area contributed by atoms with Crippen molar-refractivity contribution in [2.24, 2.45) is 0 Å². The Morgan fingerprint density at radius 2 is 1.94 bits per heavy atom. The third-order valence-corrected chi connectivity index (χ3v) is 2.96. The zero-order chi connectivity index (χ0) is 12.4. The van der Waals surface area contributed by atoms with Gasteiger partial charge in [0, 0.05) is 11.3 Å². The Morgan fingerprint density at radius 1 is 1.29 bits per heavy atom. The van der Waals surface area contributed by atoms with Gasteiger partial charge in [0.1, 0.15) is 0 Å². The van der Waals surface area contributed by atoms with E-state index in [1.807, 2.05) is 13.0 Å². The molecule has 0 radical (unpaired) electrons. The Hall–Kier alpha value is -1.19. The fraction of sp³-hybridized carbons (Fsp3) is 0.167. The van der Waals surface area contributed by atoms with E-state index in [0.717, 1.165) is 5.56 Å². The van der Waals surface area contributed by atoms with E-state index in [9.17, 15) is 4.39 Å². The number of rotatable bonds is 3. The van der Waals surface area contributed by atoms with E-state index in [1.165, 1.54) is 12.1 Å². The Bertz CT molecular complexity index is 490. The first-order valence-corrected chi connectivity index (χ1v) is 5.76. The summed E-state index contributed by atoms with van der Waals surface area (Å²) in [5.74, 6) is -0.602. The van der Waals surface area contributed by atoms with Gasteiger partial charge in [-0.2, -0.15) is 0 Å². The molecular formula is C12H10Cl2FNO. The number of halogens is 3. The second-order valence-electron chi connectivity index (χ2n) is 3.68. The summed E-state index contributed by atoms with van der Waals surface area (Å²) >= 11 is 11.4. The van der Waals surface area contributed by atoms with Crippen molar-refractivity contribution in [2.75, 3.05) is 5.32 Å². The molecule has 2 aromatic rings. The Kier molecular flexibility index (Phi) is 3.60. The van der Waals surface area contributed by atoms with E-state index in [2.05, 4.69) is 5.32 Å². The molecule has 0 spiro atoms. The molecule has 1 heterocycles. The molecule has 0 saturated carbocycles. The minimum atomic E-state index is -0.602. The van der Waals surface area contributed by atoms with Gasteiger partial charge in [0.2, 0.25) is 0 Å². The minimum Gasteiger partial charge on any atom is -0.472 e. The average molecular weight is 274 g/mol. The molecule has 0 aliphatic heterocycles. The van der Waals surface area contributed by atoms with E-state index in [0.29, 0.717) is 5.69 Å². The lowest BCUT2D eigenvalue weighted by atomic mass is 10.1. The van der Waals surface area contributed by atoms with Gasteiger partial charge in [0.05, 0.1) is 28.6 Å². The van der Waals surface area contributed by atoms with Gasteiger partial charge >= 0.3 is 0 Å². The molecule has 0 amide bonds. The summed E-state index contributed by atoms with van der Waals surface area (Å²) in [5.41, 5.74) is 1.65. The standard InChI is InChI=1S/C12H10Cl2FNO/c1-7(8-2-3-17-6-8)16-9-4-10(13)12(15)11(14)5-9/h2-7,16H,1H3. The lowest BCUT2D eigenvalue weighted by molar-refractivity contribution is 0.562. The Morgan fingerprint density at radius 3 is 2.47 bits per heavy atom. The lowest BCUT2D eigenvalue weighted by Crippen LogP contribution is -2.05. The van der Waals surface area contributed by atoms with E-state index in [-0.39, 0.29) is 16.1 Å². The Balaban J connectivity index is 2.19. The first-order valence-electron chi connectivity index (χ1n) is 5.01. The van der Waals surface area contributed by atoms with Crippen LogP contribution in [0.2, 0.25) is 10.0 Å². The van der Waals surface area contributed by atoms with Gasteiger partial charge in [0.25, 0.3) is 0 Å². The van der Waals surface area contributed by atoms with Crippen LogP contribution in [-0.4, -0.2) is 0 Å². The van der Waals surface area contributed by atoms with E-state index >= 15 is 0 Å². The van der Waals surface area contributed by atoms with Crippen LogP contribution in [0, 0.1) is 5.82 Å². The second-order valence-corrected chi connectivity index (χ2v) is 4.49. The Labute approximate surface area is 108 Å². The van der Waals surface area contributed by atoms with E-state index < -0.39 is 5.82 Å². The zero-order valence-corrected chi connectivity index (χ0v) is 10.5. The maximum Gasteiger partial charge on any atom is 0.160 e. The molecule has 1 aromatic heterocycles. The first-order chi connectivity index (χ1) is 8.08. The summed E-state index contributed by atoms with van der Waals surface area (Å²) in [6, 6.07) is 4.87. The number of hydrogen-bond donors (Lipinski definition) is 1. The van der Waals surface area contributed by atoms with Crippen LogP contribution in [0.25, 0.3) is 0 Å².